The zero-order valence-electron chi connectivity index (χ0n) is 21.2. The number of aryl methyl sites for hydroxylation is 3. The highest BCUT2D eigenvalue weighted by Crippen LogP contribution is 2.28. The average Bonchev–Trinajstić information content (AvgIpc) is 2.85. The summed E-state index contributed by atoms with van der Waals surface area (Å²) >= 11 is 0. The maximum Gasteiger partial charge on any atom is 0.278 e. The summed E-state index contributed by atoms with van der Waals surface area (Å²) in [5, 5.41) is 5.87. The van der Waals surface area contributed by atoms with Gasteiger partial charge in [0.05, 0.1) is 16.7 Å². The summed E-state index contributed by atoms with van der Waals surface area (Å²) in [5.41, 5.74) is 5.67. The number of rotatable bonds is 6. The third-order valence-corrected chi connectivity index (χ3v) is 6.26. The molecule has 0 aliphatic rings. The number of para-hydroxylation sites is 3. The van der Waals surface area contributed by atoms with Crippen molar-refractivity contribution in [2.24, 2.45) is 0 Å². The van der Waals surface area contributed by atoms with Gasteiger partial charge in [-0.2, -0.15) is 0 Å². The maximum atomic E-state index is 13.9. The van der Waals surface area contributed by atoms with E-state index in [2.05, 4.69) is 15.6 Å². The molecule has 0 radical (unpaired) electrons. The van der Waals surface area contributed by atoms with Crippen LogP contribution in [0.3, 0.4) is 0 Å². The second-order valence-corrected chi connectivity index (χ2v) is 9.01. The lowest BCUT2D eigenvalue weighted by molar-refractivity contribution is -0.119. The molecule has 184 valence electrons. The largest absolute Gasteiger partial charge is 0.325 e. The van der Waals surface area contributed by atoms with E-state index in [1.165, 1.54) is 4.57 Å². The summed E-state index contributed by atoms with van der Waals surface area (Å²) in [6, 6.07) is 17.5. The Balaban J connectivity index is 1.85. The number of nitrogens with zero attached hydrogens (tertiary/aromatic N) is 2. The molecule has 0 fully saturated rings. The normalized spacial score (nSPS) is 11.8. The van der Waals surface area contributed by atoms with Gasteiger partial charge in [-0.05, 0) is 57.0 Å². The van der Waals surface area contributed by atoms with Crippen molar-refractivity contribution >= 4 is 34.2 Å². The van der Waals surface area contributed by atoms with Gasteiger partial charge in [0.2, 0.25) is 11.8 Å². The number of aromatic nitrogens is 2. The fraction of sp³-hybridized carbons (Fsp3) is 0.241. The summed E-state index contributed by atoms with van der Waals surface area (Å²) in [6.07, 6.45) is 0.304. The van der Waals surface area contributed by atoms with Crippen LogP contribution in [0, 0.1) is 20.8 Å². The number of carbonyl (C=O) groups excluding carboxylic acids is 2. The SMILES string of the molecule is CCC(=O)Nc1ccccc1-c1nc2ccccc2n([C@@H](C)C(=O)Nc2c(C)cc(C)cc2C)c1=O. The number of anilines is 2. The molecule has 0 unspecified atom stereocenters. The minimum atomic E-state index is -0.818. The molecule has 4 aromatic rings. The Morgan fingerprint density at radius 1 is 0.944 bits per heavy atom. The molecule has 0 aliphatic carbocycles. The predicted molar refractivity (Wildman–Crippen MR) is 144 cm³/mol. The molecule has 7 nitrogen and oxygen atoms in total. The smallest absolute Gasteiger partial charge is 0.278 e. The molecular weight excluding hydrogens is 452 g/mol. The standard InChI is InChI=1S/C29H30N4O3/c1-6-25(34)30-22-12-8-7-11-21(22)27-29(36)33(24-14-10-9-13-23(24)31-27)20(5)28(35)32-26-18(3)15-17(2)16-19(26)4/h7-16,20H,6H2,1-5H3,(H,30,34)(H,32,35)/t20-/m0/s1. The molecule has 0 bridgehead atoms. The number of benzene rings is 3. The molecule has 1 atom stereocenters. The Bertz CT molecular complexity index is 1510. The van der Waals surface area contributed by atoms with Crippen LogP contribution in [0.4, 0.5) is 11.4 Å². The highest BCUT2D eigenvalue weighted by Gasteiger charge is 2.24. The van der Waals surface area contributed by atoms with Crippen molar-refractivity contribution in [3.8, 4) is 11.3 Å². The fourth-order valence-electron chi connectivity index (χ4n) is 4.47. The van der Waals surface area contributed by atoms with Crippen molar-refractivity contribution in [3.05, 3.63) is 87.7 Å². The van der Waals surface area contributed by atoms with Gasteiger partial charge in [-0.3, -0.25) is 19.0 Å². The lowest BCUT2D eigenvalue weighted by Gasteiger charge is -2.21. The number of amides is 2. The van der Waals surface area contributed by atoms with Gasteiger partial charge in [0.15, 0.2) is 0 Å². The predicted octanol–water partition coefficient (Wildman–Crippen LogP) is 5.54. The minimum Gasteiger partial charge on any atom is -0.325 e. The lowest BCUT2D eigenvalue weighted by Crippen LogP contribution is -2.33. The van der Waals surface area contributed by atoms with E-state index in [1.807, 2.05) is 45.0 Å². The van der Waals surface area contributed by atoms with Gasteiger partial charge >= 0.3 is 0 Å². The van der Waals surface area contributed by atoms with Crippen LogP contribution in [0.1, 0.15) is 43.0 Å². The van der Waals surface area contributed by atoms with E-state index < -0.39 is 11.6 Å². The third-order valence-electron chi connectivity index (χ3n) is 6.26. The van der Waals surface area contributed by atoms with Gasteiger partial charge in [0.25, 0.3) is 5.56 Å². The first kappa shape index (κ1) is 24.9. The van der Waals surface area contributed by atoms with E-state index in [0.717, 1.165) is 22.4 Å². The maximum absolute atomic E-state index is 13.9. The van der Waals surface area contributed by atoms with Gasteiger partial charge in [0, 0.05) is 17.7 Å². The minimum absolute atomic E-state index is 0.167. The van der Waals surface area contributed by atoms with Crippen LogP contribution in [0.15, 0.2) is 65.5 Å². The molecule has 2 N–H and O–H groups in total. The molecule has 0 spiro atoms. The number of carbonyl (C=O) groups is 2. The number of nitrogens with one attached hydrogen (secondary N) is 2. The fourth-order valence-corrected chi connectivity index (χ4v) is 4.47. The first-order valence-corrected chi connectivity index (χ1v) is 12.0. The highest BCUT2D eigenvalue weighted by molar-refractivity contribution is 5.97. The zero-order chi connectivity index (χ0) is 26.0. The van der Waals surface area contributed by atoms with Crippen molar-refractivity contribution in [1.82, 2.24) is 9.55 Å². The van der Waals surface area contributed by atoms with E-state index in [4.69, 9.17) is 0 Å². The molecule has 1 heterocycles. The first-order valence-electron chi connectivity index (χ1n) is 12.0. The second-order valence-electron chi connectivity index (χ2n) is 9.01. The van der Waals surface area contributed by atoms with Crippen molar-refractivity contribution < 1.29 is 9.59 Å². The zero-order valence-corrected chi connectivity index (χ0v) is 21.2. The van der Waals surface area contributed by atoms with Gasteiger partial charge in [-0.25, -0.2) is 4.98 Å². The molecule has 1 aromatic heterocycles. The Hall–Kier alpha value is -4.26. The molecule has 0 aliphatic heterocycles. The van der Waals surface area contributed by atoms with E-state index in [1.54, 1.807) is 50.2 Å². The Labute approximate surface area is 210 Å². The van der Waals surface area contributed by atoms with Crippen molar-refractivity contribution in [2.75, 3.05) is 10.6 Å². The van der Waals surface area contributed by atoms with Crippen molar-refractivity contribution in [3.63, 3.8) is 0 Å². The topological polar surface area (TPSA) is 93.1 Å². The van der Waals surface area contributed by atoms with E-state index in [-0.39, 0.29) is 17.5 Å². The molecule has 0 saturated carbocycles. The van der Waals surface area contributed by atoms with Crippen molar-refractivity contribution in [1.29, 1.82) is 0 Å². The van der Waals surface area contributed by atoms with Crippen LogP contribution < -0.4 is 16.2 Å². The summed E-state index contributed by atoms with van der Waals surface area (Å²) in [4.78, 5) is 44.1. The van der Waals surface area contributed by atoms with Gasteiger partial charge in [0.1, 0.15) is 11.7 Å². The summed E-state index contributed by atoms with van der Waals surface area (Å²) in [6.45, 7) is 9.38. The third kappa shape index (κ3) is 4.77. The molecular formula is C29H30N4O3. The average molecular weight is 483 g/mol. The molecule has 0 saturated heterocycles. The lowest BCUT2D eigenvalue weighted by atomic mass is 10.0. The van der Waals surface area contributed by atoms with E-state index in [9.17, 15) is 14.4 Å². The van der Waals surface area contributed by atoms with Crippen LogP contribution >= 0.6 is 0 Å². The Morgan fingerprint density at radius 2 is 1.58 bits per heavy atom. The Kier molecular flexibility index (Phi) is 7.01. The summed E-state index contributed by atoms with van der Waals surface area (Å²) in [7, 11) is 0. The van der Waals surface area contributed by atoms with Crippen LogP contribution in [-0.2, 0) is 9.59 Å². The van der Waals surface area contributed by atoms with Gasteiger partial charge < -0.3 is 10.6 Å². The summed E-state index contributed by atoms with van der Waals surface area (Å²) < 4.78 is 1.48. The first-order chi connectivity index (χ1) is 17.2. The quantitative estimate of drug-likeness (QED) is 0.378. The van der Waals surface area contributed by atoms with Crippen LogP contribution in [-0.4, -0.2) is 21.4 Å². The van der Waals surface area contributed by atoms with E-state index in [0.29, 0.717) is 28.7 Å². The second kappa shape index (κ2) is 10.2. The van der Waals surface area contributed by atoms with Gasteiger partial charge in [-0.15, -0.1) is 0 Å². The van der Waals surface area contributed by atoms with E-state index >= 15 is 0 Å². The molecule has 7 heteroatoms. The molecule has 4 rings (SSSR count). The number of hydrogen-bond donors (Lipinski definition) is 2. The van der Waals surface area contributed by atoms with Crippen LogP contribution in [0.2, 0.25) is 0 Å². The molecule has 3 aromatic carbocycles. The van der Waals surface area contributed by atoms with Crippen molar-refractivity contribution in [2.45, 2.75) is 47.1 Å². The monoisotopic (exact) mass is 482 g/mol. The summed E-state index contributed by atoms with van der Waals surface area (Å²) in [5.74, 6) is -0.470. The Morgan fingerprint density at radius 3 is 2.28 bits per heavy atom. The van der Waals surface area contributed by atoms with Crippen LogP contribution in [0.25, 0.3) is 22.3 Å². The number of hydrogen-bond acceptors (Lipinski definition) is 4. The van der Waals surface area contributed by atoms with Gasteiger partial charge in [-0.1, -0.05) is 55.0 Å². The molecule has 36 heavy (non-hydrogen) atoms. The van der Waals surface area contributed by atoms with Crippen LogP contribution in [0.5, 0.6) is 0 Å². The molecule has 2 amide bonds. The highest BCUT2D eigenvalue weighted by atomic mass is 16.2. The number of fused-ring (bicyclic) bond motifs is 1.